The largest absolute Gasteiger partial charge is 0.481 e. The number of aliphatic carboxylic acids is 1. The Bertz CT molecular complexity index is 542. The van der Waals surface area contributed by atoms with Crippen molar-refractivity contribution < 1.29 is 14.7 Å². The molecule has 1 amide bonds. The van der Waals surface area contributed by atoms with Crippen molar-refractivity contribution in [3.05, 3.63) is 32.4 Å². The van der Waals surface area contributed by atoms with Gasteiger partial charge in [0.25, 0.3) is 5.91 Å². The maximum absolute atomic E-state index is 12.5. The minimum Gasteiger partial charge on any atom is -0.481 e. The van der Waals surface area contributed by atoms with Gasteiger partial charge >= 0.3 is 5.97 Å². The number of hydrogen-bond donors (Lipinski definition) is 1. The highest BCUT2D eigenvalue weighted by Crippen LogP contribution is 2.25. The van der Waals surface area contributed by atoms with Gasteiger partial charge in [-0.1, -0.05) is 11.6 Å². The van der Waals surface area contributed by atoms with Gasteiger partial charge in [-0.25, -0.2) is 0 Å². The molecule has 4 nitrogen and oxygen atoms in total. The number of likely N-dealkylation sites (tertiary alicyclic amines) is 1. The molecular formula is C15H17ClINO3. The molecule has 0 atom stereocenters. The van der Waals surface area contributed by atoms with Crippen molar-refractivity contribution >= 4 is 46.1 Å². The molecule has 114 valence electrons. The third-order valence-electron chi connectivity index (χ3n) is 3.83. The van der Waals surface area contributed by atoms with E-state index in [0.717, 1.165) is 16.4 Å². The molecule has 0 aromatic heterocycles. The first-order valence-corrected chi connectivity index (χ1v) is 8.39. The van der Waals surface area contributed by atoms with Gasteiger partial charge in [0.1, 0.15) is 0 Å². The van der Waals surface area contributed by atoms with Crippen molar-refractivity contribution in [2.24, 2.45) is 5.92 Å². The molecule has 1 aliphatic heterocycles. The first-order chi connectivity index (χ1) is 9.97. The number of carbonyl (C=O) groups is 2. The van der Waals surface area contributed by atoms with Gasteiger partial charge in [-0.3, -0.25) is 9.59 Å². The van der Waals surface area contributed by atoms with E-state index in [1.165, 1.54) is 0 Å². The predicted molar refractivity (Wildman–Crippen MR) is 89.7 cm³/mol. The molecule has 1 aromatic carbocycles. The standard InChI is InChI=1S/C15H17ClINO3/c16-11-2-3-13(17)12(9-11)15(21)18-7-5-10(6-8-18)1-4-14(19)20/h2-3,9-10H,1,4-8H2,(H,19,20). The van der Waals surface area contributed by atoms with Crippen LogP contribution in [0, 0.1) is 9.49 Å². The van der Waals surface area contributed by atoms with Crippen LogP contribution < -0.4 is 0 Å². The van der Waals surface area contributed by atoms with Crippen LogP contribution >= 0.6 is 34.2 Å². The van der Waals surface area contributed by atoms with Crippen molar-refractivity contribution in [3.63, 3.8) is 0 Å². The Kier molecular flexibility index (Phi) is 5.87. The van der Waals surface area contributed by atoms with E-state index in [1.54, 1.807) is 12.1 Å². The predicted octanol–water partition coefficient (Wildman–Crippen LogP) is 3.66. The summed E-state index contributed by atoms with van der Waals surface area (Å²) in [4.78, 5) is 24.9. The molecule has 0 radical (unpaired) electrons. The molecular weight excluding hydrogens is 405 g/mol. The smallest absolute Gasteiger partial charge is 0.303 e. The van der Waals surface area contributed by atoms with E-state index < -0.39 is 5.97 Å². The highest BCUT2D eigenvalue weighted by Gasteiger charge is 2.25. The zero-order valence-corrected chi connectivity index (χ0v) is 14.4. The molecule has 1 heterocycles. The topological polar surface area (TPSA) is 57.6 Å². The summed E-state index contributed by atoms with van der Waals surface area (Å²) in [5.74, 6) is -0.329. The Labute approximate surface area is 142 Å². The van der Waals surface area contributed by atoms with Crippen LogP contribution in [0.15, 0.2) is 18.2 Å². The number of carboxylic acids is 1. The molecule has 1 aliphatic rings. The van der Waals surface area contributed by atoms with E-state index in [4.69, 9.17) is 16.7 Å². The molecule has 6 heteroatoms. The van der Waals surface area contributed by atoms with Gasteiger partial charge in [0.15, 0.2) is 0 Å². The summed E-state index contributed by atoms with van der Waals surface area (Å²) in [6, 6.07) is 5.33. The van der Waals surface area contributed by atoms with Crippen molar-refractivity contribution in [2.45, 2.75) is 25.7 Å². The molecule has 0 saturated carbocycles. The van der Waals surface area contributed by atoms with E-state index in [2.05, 4.69) is 22.6 Å². The highest BCUT2D eigenvalue weighted by molar-refractivity contribution is 14.1. The maximum atomic E-state index is 12.5. The lowest BCUT2D eigenvalue weighted by Gasteiger charge is -2.32. The summed E-state index contributed by atoms with van der Waals surface area (Å²) >= 11 is 8.11. The molecule has 1 fully saturated rings. The van der Waals surface area contributed by atoms with Gasteiger partial charge in [-0.2, -0.15) is 0 Å². The summed E-state index contributed by atoms with van der Waals surface area (Å²) < 4.78 is 0.898. The maximum Gasteiger partial charge on any atom is 0.303 e. The lowest BCUT2D eigenvalue weighted by molar-refractivity contribution is -0.137. The minimum absolute atomic E-state index is 0.0126. The minimum atomic E-state index is -0.748. The van der Waals surface area contributed by atoms with Crippen LogP contribution in [-0.2, 0) is 4.79 Å². The summed E-state index contributed by atoms with van der Waals surface area (Å²) in [5.41, 5.74) is 0.645. The van der Waals surface area contributed by atoms with Crippen LogP contribution in [0.1, 0.15) is 36.0 Å². The van der Waals surface area contributed by atoms with E-state index in [-0.39, 0.29) is 12.3 Å². The monoisotopic (exact) mass is 421 g/mol. The number of benzene rings is 1. The Hall–Kier alpha value is -0.820. The zero-order valence-electron chi connectivity index (χ0n) is 11.5. The van der Waals surface area contributed by atoms with Gasteiger partial charge in [-0.05, 0) is 66.0 Å². The number of carboxylic acid groups (broad SMARTS) is 1. The van der Waals surface area contributed by atoms with Crippen LogP contribution in [0.3, 0.4) is 0 Å². The number of amides is 1. The molecule has 0 spiro atoms. The fourth-order valence-corrected chi connectivity index (χ4v) is 3.32. The summed E-state index contributed by atoms with van der Waals surface area (Å²) in [7, 11) is 0. The van der Waals surface area contributed by atoms with Crippen molar-refractivity contribution in [1.29, 1.82) is 0 Å². The van der Waals surface area contributed by atoms with E-state index >= 15 is 0 Å². The lowest BCUT2D eigenvalue weighted by atomic mass is 9.92. The third kappa shape index (κ3) is 4.57. The zero-order chi connectivity index (χ0) is 15.4. The number of hydrogen-bond acceptors (Lipinski definition) is 2. The molecule has 21 heavy (non-hydrogen) atoms. The van der Waals surface area contributed by atoms with Gasteiger partial charge in [-0.15, -0.1) is 0 Å². The molecule has 1 aromatic rings. The molecule has 0 bridgehead atoms. The Morgan fingerprint density at radius 3 is 2.62 bits per heavy atom. The SMILES string of the molecule is O=C(O)CCC1CCN(C(=O)c2cc(Cl)ccc2I)CC1. The second-order valence-corrected chi connectivity index (χ2v) is 6.89. The molecule has 1 N–H and O–H groups in total. The van der Waals surface area contributed by atoms with Gasteiger partial charge in [0.05, 0.1) is 5.56 Å². The Balaban J connectivity index is 1.94. The van der Waals surface area contributed by atoms with Crippen LogP contribution in [0.4, 0.5) is 0 Å². The fourth-order valence-electron chi connectivity index (χ4n) is 2.58. The molecule has 0 aliphatic carbocycles. The summed E-state index contributed by atoms with van der Waals surface area (Å²) in [5, 5.41) is 9.28. The molecule has 1 saturated heterocycles. The molecule has 2 rings (SSSR count). The summed E-state index contributed by atoms with van der Waals surface area (Å²) in [6.07, 6.45) is 2.66. The van der Waals surface area contributed by atoms with Crippen molar-refractivity contribution in [2.75, 3.05) is 13.1 Å². The van der Waals surface area contributed by atoms with E-state index in [0.29, 0.717) is 36.0 Å². The number of carbonyl (C=O) groups excluding carboxylic acids is 1. The Morgan fingerprint density at radius 1 is 1.33 bits per heavy atom. The second kappa shape index (κ2) is 7.45. The van der Waals surface area contributed by atoms with E-state index in [9.17, 15) is 9.59 Å². The first kappa shape index (κ1) is 16.5. The molecule has 0 unspecified atom stereocenters. The first-order valence-electron chi connectivity index (χ1n) is 6.93. The van der Waals surface area contributed by atoms with Crippen LogP contribution in [-0.4, -0.2) is 35.0 Å². The van der Waals surface area contributed by atoms with Crippen LogP contribution in [0.2, 0.25) is 5.02 Å². The number of piperidine rings is 1. The second-order valence-electron chi connectivity index (χ2n) is 5.29. The van der Waals surface area contributed by atoms with Crippen molar-refractivity contribution in [3.8, 4) is 0 Å². The number of rotatable bonds is 4. The van der Waals surface area contributed by atoms with Crippen LogP contribution in [0.25, 0.3) is 0 Å². The van der Waals surface area contributed by atoms with Crippen molar-refractivity contribution in [1.82, 2.24) is 4.90 Å². The normalized spacial score (nSPS) is 16.0. The average Bonchev–Trinajstić information content (AvgIpc) is 2.47. The van der Waals surface area contributed by atoms with E-state index in [1.807, 2.05) is 11.0 Å². The van der Waals surface area contributed by atoms with Gasteiger partial charge < -0.3 is 10.0 Å². The van der Waals surface area contributed by atoms with Gasteiger partial charge in [0.2, 0.25) is 0 Å². The fraction of sp³-hybridized carbons (Fsp3) is 0.467. The Morgan fingerprint density at radius 2 is 2.00 bits per heavy atom. The third-order valence-corrected chi connectivity index (χ3v) is 5.00. The lowest BCUT2D eigenvalue weighted by Crippen LogP contribution is -2.38. The van der Waals surface area contributed by atoms with Gasteiger partial charge in [0, 0.05) is 28.1 Å². The average molecular weight is 422 g/mol. The highest BCUT2D eigenvalue weighted by atomic mass is 127. The number of nitrogens with zero attached hydrogens (tertiary/aromatic N) is 1. The quantitative estimate of drug-likeness (QED) is 0.755. The van der Waals surface area contributed by atoms with Crippen LogP contribution in [0.5, 0.6) is 0 Å². The summed E-state index contributed by atoms with van der Waals surface area (Å²) in [6.45, 7) is 1.37. The number of halogens is 2.